The van der Waals surface area contributed by atoms with Gasteiger partial charge < -0.3 is 30.2 Å². The standard InChI is InChI=1S/C38H55N7O4.C7H8O3S/c1-4-29-11-10-28(26-30(29)5-2)27-35(36(46)43-24-22-42(23-25-43)32-13-17-41(3)18-14-32)40-38(48)49-44-19-15-33(16-20-44)45-21-12-31-8-6-7-9-34(31)39-37(45)47;1-6-2-4-7(5-3-6)11(8,9)10/h6-11,26,32-33,35H,4-5,12-25,27H2,1-3H3,(H,39,47)(H,40,48);2-5H,1H3,(H,8,9,10). The third-order valence-corrected chi connectivity index (χ3v) is 13.3. The van der Waals surface area contributed by atoms with Gasteiger partial charge in [-0.15, -0.1) is 5.06 Å². The first-order valence-electron chi connectivity index (χ1n) is 21.6. The summed E-state index contributed by atoms with van der Waals surface area (Å²) in [6, 6.07) is 20.2. The van der Waals surface area contributed by atoms with Gasteiger partial charge in [0.2, 0.25) is 5.91 Å². The number of para-hydroxylation sites is 1. The highest BCUT2D eigenvalue weighted by Crippen LogP contribution is 2.25. The molecule has 14 nitrogen and oxygen atoms in total. The van der Waals surface area contributed by atoms with Crippen molar-refractivity contribution < 1.29 is 32.2 Å². The van der Waals surface area contributed by atoms with Crippen molar-refractivity contribution in [2.45, 2.75) is 95.2 Å². The van der Waals surface area contributed by atoms with Gasteiger partial charge in [-0.2, -0.15) is 8.42 Å². The average molecular weight is 846 g/mol. The lowest BCUT2D eigenvalue weighted by atomic mass is 9.96. The SMILES string of the molecule is CCc1ccc(CC(NC(=O)ON2CCC(N3CCc4ccccc4NC3=O)CC2)C(=O)N2CCN(C3CCN(C)CC3)CC2)cc1CC.Cc1ccc(S(=O)(=O)O)cc1. The van der Waals surface area contributed by atoms with Gasteiger partial charge in [0, 0.05) is 70.0 Å². The molecule has 3 fully saturated rings. The molecular weight excluding hydrogens is 783 g/mol. The number of piperidine rings is 2. The minimum atomic E-state index is -4.02. The van der Waals surface area contributed by atoms with E-state index in [1.807, 2.05) is 34.9 Å². The fourth-order valence-corrected chi connectivity index (χ4v) is 9.26. The number of fused-ring (bicyclic) bond motifs is 1. The van der Waals surface area contributed by atoms with Crippen molar-refractivity contribution in [3.8, 4) is 0 Å². The number of rotatable bonds is 10. The highest BCUT2D eigenvalue weighted by molar-refractivity contribution is 7.85. The number of hydroxylamine groups is 2. The Morgan fingerprint density at radius 2 is 1.48 bits per heavy atom. The van der Waals surface area contributed by atoms with Gasteiger partial charge in [-0.1, -0.05) is 67.9 Å². The van der Waals surface area contributed by atoms with Gasteiger partial charge in [-0.05, 0) is 112 Å². The normalized spacial score (nSPS) is 19.3. The maximum absolute atomic E-state index is 14.1. The molecule has 3 N–H and O–H groups in total. The zero-order chi connectivity index (χ0) is 42.8. The predicted octanol–water partition coefficient (Wildman–Crippen LogP) is 5.40. The fraction of sp³-hybridized carbons (Fsp3) is 0.533. The molecule has 7 rings (SSSR count). The Bertz CT molecular complexity index is 2030. The number of nitrogens with zero attached hydrogens (tertiary/aromatic N) is 5. The summed E-state index contributed by atoms with van der Waals surface area (Å²) in [6.07, 6.45) is 6.23. The van der Waals surface area contributed by atoms with E-state index >= 15 is 0 Å². The smallest absolute Gasteiger partial charge is 0.351 e. The molecular formula is C45H63N7O7S. The number of hydrogen-bond donors (Lipinski definition) is 3. The van der Waals surface area contributed by atoms with Crippen molar-refractivity contribution in [3.63, 3.8) is 0 Å². The summed E-state index contributed by atoms with van der Waals surface area (Å²) in [5.74, 6) is -0.0514. The number of aryl methyl sites for hydroxylation is 3. The minimum Gasteiger partial charge on any atom is -0.351 e. The average Bonchev–Trinajstić information content (AvgIpc) is 3.41. The van der Waals surface area contributed by atoms with E-state index in [0.29, 0.717) is 58.0 Å². The molecule has 3 aromatic carbocycles. The number of carbonyl (C=O) groups is 3. The molecule has 3 aromatic rings. The lowest BCUT2D eigenvalue weighted by Crippen LogP contribution is -2.58. The maximum Gasteiger partial charge on any atom is 0.426 e. The van der Waals surface area contributed by atoms with Gasteiger partial charge in [0.25, 0.3) is 10.1 Å². The number of anilines is 1. The van der Waals surface area contributed by atoms with Crippen molar-refractivity contribution in [1.82, 2.24) is 30.0 Å². The predicted molar refractivity (Wildman–Crippen MR) is 232 cm³/mol. The van der Waals surface area contributed by atoms with E-state index in [1.54, 1.807) is 17.2 Å². The Kier molecular flexibility index (Phi) is 15.6. The molecule has 1 atom stereocenters. The largest absolute Gasteiger partial charge is 0.426 e. The van der Waals surface area contributed by atoms with Crippen LogP contribution in [0.15, 0.2) is 71.6 Å². The molecule has 4 amide bonds. The zero-order valence-corrected chi connectivity index (χ0v) is 36.5. The molecule has 4 aliphatic heterocycles. The highest BCUT2D eigenvalue weighted by Gasteiger charge is 2.34. The van der Waals surface area contributed by atoms with E-state index in [4.69, 9.17) is 9.39 Å². The molecule has 4 heterocycles. The lowest BCUT2D eigenvalue weighted by Gasteiger charge is -2.42. The van der Waals surface area contributed by atoms with Gasteiger partial charge in [0.05, 0.1) is 4.90 Å². The number of carbonyl (C=O) groups excluding carboxylic acids is 3. The lowest BCUT2D eigenvalue weighted by molar-refractivity contribution is -0.138. The maximum atomic E-state index is 14.1. The van der Waals surface area contributed by atoms with Crippen LogP contribution in [0.2, 0.25) is 0 Å². The molecule has 3 saturated heterocycles. The number of benzene rings is 3. The second kappa shape index (κ2) is 20.8. The Labute approximate surface area is 355 Å². The van der Waals surface area contributed by atoms with Crippen molar-refractivity contribution in [1.29, 1.82) is 0 Å². The van der Waals surface area contributed by atoms with E-state index in [0.717, 1.165) is 67.8 Å². The van der Waals surface area contributed by atoms with Crippen LogP contribution in [-0.4, -0.2) is 140 Å². The van der Waals surface area contributed by atoms with Crippen LogP contribution < -0.4 is 10.6 Å². The van der Waals surface area contributed by atoms with Crippen LogP contribution in [0, 0.1) is 6.92 Å². The number of amides is 4. The van der Waals surface area contributed by atoms with Crippen molar-refractivity contribution in [3.05, 3.63) is 94.5 Å². The van der Waals surface area contributed by atoms with Gasteiger partial charge in [-0.3, -0.25) is 14.2 Å². The second-order valence-electron chi connectivity index (χ2n) is 16.5. The Morgan fingerprint density at radius 3 is 2.13 bits per heavy atom. The van der Waals surface area contributed by atoms with Crippen LogP contribution in [-0.2, 0) is 45.4 Å². The molecule has 0 saturated carbocycles. The first-order valence-corrected chi connectivity index (χ1v) is 23.0. The van der Waals surface area contributed by atoms with E-state index < -0.39 is 22.3 Å². The summed E-state index contributed by atoms with van der Waals surface area (Å²) >= 11 is 0. The van der Waals surface area contributed by atoms with Crippen molar-refractivity contribution >= 4 is 33.8 Å². The highest BCUT2D eigenvalue weighted by atomic mass is 32.2. The minimum absolute atomic E-state index is 0.0514. The summed E-state index contributed by atoms with van der Waals surface area (Å²) in [4.78, 5) is 55.0. The van der Waals surface area contributed by atoms with E-state index in [2.05, 4.69) is 65.6 Å². The number of hydrogen-bond acceptors (Lipinski definition) is 9. The molecule has 4 aliphatic rings. The number of nitrogens with one attached hydrogen (secondary N) is 2. The quantitative estimate of drug-likeness (QED) is 0.226. The first-order chi connectivity index (χ1) is 28.8. The van der Waals surface area contributed by atoms with E-state index in [-0.39, 0.29) is 22.9 Å². The molecule has 60 heavy (non-hydrogen) atoms. The van der Waals surface area contributed by atoms with Crippen LogP contribution in [0.5, 0.6) is 0 Å². The van der Waals surface area contributed by atoms with Crippen LogP contribution in [0.1, 0.15) is 67.3 Å². The zero-order valence-electron chi connectivity index (χ0n) is 35.6. The fourth-order valence-electron chi connectivity index (χ4n) is 8.78. The van der Waals surface area contributed by atoms with E-state index in [1.165, 1.54) is 36.1 Å². The van der Waals surface area contributed by atoms with Crippen LogP contribution in [0.3, 0.4) is 0 Å². The number of likely N-dealkylation sites (tertiary alicyclic amines) is 1. The molecule has 0 bridgehead atoms. The van der Waals surface area contributed by atoms with E-state index in [9.17, 15) is 22.8 Å². The van der Waals surface area contributed by atoms with Gasteiger partial charge in [-0.25, -0.2) is 9.59 Å². The summed E-state index contributed by atoms with van der Waals surface area (Å²) in [5, 5.41) is 7.70. The Balaban J connectivity index is 0.000000477. The summed E-state index contributed by atoms with van der Waals surface area (Å²) in [6.45, 7) is 13.1. The van der Waals surface area contributed by atoms with Crippen molar-refractivity contribution in [2.24, 2.45) is 0 Å². The van der Waals surface area contributed by atoms with Crippen LogP contribution >= 0.6 is 0 Å². The topological polar surface area (TPSA) is 155 Å². The monoisotopic (exact) mass is 845 g/mol. The number of piperazine rings is 1. The Hall–Kier alpha value is -4.54. The van der Waals surface area contributed by atoms with Crippen LogP contribution in [0.25, 0.3) is 0 Å². The molecule has 0 radical (unpaired) electrons. The summed E-state index contributed by atoms with van der Waals surface area (Å²) < 4.78 is 29.6. The Morgan fingerprint density at radius 1 is 0.833 bits per heavy atom. The molecule has 1 unspecified atom stereocenters. The molecule has 326 valence electrons. The van der Waals surface area contributed by atoms with Gasteiger partial charge in [0.15, 0.2) is 0 Å². The van der Waals surface area contributed by atoms with Gasteiger partial charge >= 0.3 is 12.1 Å². The molecule has 15 heteroatoms. The first kappa shape index (κ1) is 45.0. The van der Waals surface area contributed by atoms with Crippen LogP contribution in [0.4, 0.5) is 15.3 Å². The van der Waals surface area contributed by atoms with Gasteiger partial charge in [0.1, 0.15) is 6.04 Å². The number of urea groups is 1. The second-order valence-corrected chi connectivity index (χ2v) is 17.9. The third kappa shape index (κ3) is 12.1. The summed E-state index contributed by atoms with van der Waals surface area (Å²) in [5.41, 5.74) is 6.62. The summed E-state index contributed by atoms with van der Waals surface area (Å²) in [7, 11) is -1.84. The van der Waals surface area contributed by atoms with Crippen molar-refractivity contribution in [2.75, 3.05) is 71.3 Å². The third-order valence-electron chi connectivity index (χ3n) is 12.4. The molecule has 0 spiro atoms. The molecule has 0 aliphatic carbocycles. The molecule has 0 aromatic heterocycles.